The lowest BCUT2D eigenvalue weighted by Gasteiger charge is -2.09. The van der Waals surface area contributed by atoms with Crippen LogP contribution in [-0.4, -0.2) is 20.7 Å². The molecule has 0 aliphatic heterocycles. The summed E-state index contributed by atoms with van der Waals surface area (Å²) in [5, 5.41) is 6.92. The van der Waals surface area contributed by atoms with E-state index in [4.69, 9.17) is 5.73 Å². The number of hydrogen-bond acceptors (Lipinski definition) is 4. The lowest BCUT2D eigenvalue weighted by molar-refractivity contribution is -0.116. The average molecular weight is 291 g/mol. The molecule has 21 heavy (non-hydrogen) atoms. The SMILES string of the molecule is CCc1nc(CC)n(CC(=O)Nc2ccc(F)cc2N)n1. The Morgan fingerprint density at radius 3 is 2.76 bits per heavy atom. The van der Waals surface area contributed by atoms with Gasteiger partial charge in [-0.3, -0.25) is 4.79 Å². The van der Waals surface area contributed by atoms with E-state index in [0.717, 1.165) is 11.9 Å². The van der Waals surface area contributed by atoms with Crippen molar-refractivity contribution in [2.75, 3.05) is 11.1 Å². The zero-order valence-corrected chi connectivity index (χ0v) is 12.1. The molecular weight excluding hydrogens is 273 g/mol. The third-order valence-electron chi connectivity index (χ3n) is 3.01. The molecule has 0 atom stereocenters. The van der Waals surface area contributed by atoms with Crippen LogP contribution in [0.2, 0.25) is 0 Å². The summed E-state index contributed by atoms with van der Waals surface area (Å²) < 4.78 is 14.5. The van der Waals surface area contributed by atoms with E-state index in [-0.39, 0.29) is 18.1 Å². The molecule has 6 nitrogen and oxygen atoms in total. The number of nitrogen functional groups attached to an aromatic ring is 1. The molecule has 0 fully saturated rings. The number of benzene rings is 1. The quantitative estimate of drug-likeness (QED) is 0.822. The molecule has 0 saturated carbocycles. The summed E-state index contributed by atoms with van der Waals surface area (Å²) in [7, 11) is 0. The predicted molar refractivity (Wildman–Crippen MR) is 78.2 cm³/mol. The number of carbonyl (C=O) groups is 1. The summed E-state index contributed by atoms with van der Waals surface area (Å²) in [4.78, 5) is 16.4. The number of carbonyl (C=O) groups excluding carboxylic acids is 1. The summed E-state index contributed by atoms with van der Waals surface area (Å²) >= 11 is 0. The Kier molecular flexibility index (Phi) is 4.52. The lowest BCUT2D eigenvalue weighted by atomic mass is 10.2. The maximum absolute atomic E-state index is 13.0. The number of nitrogens with zero attached hydrogens (tertiary/aromatic N) is 3. The van der Waals surface area contributed by atoms with Crippen LogP contribution >= 0.6 is 0 Å². The molecule has 7 heteroatoms. The Balaban J connectivity index is 2.09. The molecule has 1 amide bonds. The fourth-order valence-corrected chi connectivity index (χ4v) is 1.94. The van der Waals surface area contributed by atoms with Gasteiger partial charge in [-0.15, -0.1) is 0 Å². The first-order chi connectivity index (χ1) is 10.0. The zero-order chi connectivity index (χ0) is 15.4. The van der Waals surface area contributed by atoms with Crippen LogP contribution in [-0.2, 0) is 24.2 Å². The maximum atomic E-state index is 13.0. The minimum absolute atomic E-state index is 0.0486. The molecule has 1 heterocycles. The second-order valence-corrected chi connectivity index (χ2v) is 4.59. The molecule has 0 aliphatic rings. The van der Waals surface area contributed by atoms with Gasteiger partial charge in [-0.25, -0.2) is 14.1 Å². The highest BCUT2D eigenvalue weighted by molar-refractivity contribution is 5.93. The predicted octanol–water partition coefficient (Wildman–Crippen LogP) is 1.76. The van der Waals surface area contributed by atoms with Crippen molar-refractivity contribution in [3.63, 3.8) is 0 Å². The minimum Gasteiger partial charge on any atom is -0.397 e. The average Bonchev–Trinajstić information content (AvgIpc) is 2.84. The standard InChI is InChI=1S/C14H18FN5O/c1-3-12-18-13(4-2)20(19-12)8-14(21)17-11-6-5-9(15)7-10(11)16/h5-7H,3-4,8,16H2,1-2H3,(H,17,21). The first-order valence-electron chi connectivity index (χ1n) is 6.81. The summed E-state index contributed by atoms with van der Waals surface area (Å²) in [5.74, 6) is 0.744. The number of rotatable bonds is 5. The van der Waals surface area contributed by atoms with Crippen LogP contribution in [0.25, 0.3) is 0 Å². The van der Waals surface area contributed by atoms with Gasteiger partial charge >= 0.3 is 0 Å². The summed E-state index contributed by atoms with van der Waals surface area (Å²) in [6, 6.07) is 3.84. The van der Waals surface area contributed by atoms with E-state index in [9.17, 15) is 9.18 Å². The van der Waals surface area contributed by atoms with Gasteiger partial charge in [0.05, 0.1) is 11.4 Å². The minimum atomic E-state index is -0.442. The van der Waals surface area contributed by atoms with Crippen molar-refractivity contribution in [1.82, 2.24) is 14.8 Å². The molecular formula is C14H18FN5O. The van der Waals surface area contributed by atoms with E-state index in [1.165, 1.54) is 12.1 Å². The van der Waals surface area contributed by atoms with Crippen molar-refractivity contribution >= 4 is 17.3 Å². The van der Waals surface area contributed by atoms with Gasteiger partial charge in [0, 0.05) is 12.8 Å². The fraction of sp³-hybridized carbons (Fsp3) is 0.357. The van der Waals surface area contributed by atoms with E-state index in [1.807, 2.05) is 13.8 Å². The number of aromatic nitrogens is 3. The monoisotopic (exact) mass is 291 g/mol. The highest BCUT2D eigenvalue weighted by atomic mass is 19.1. The van der Waals surface area contributed by atoms with Gasteiger partial charge in [0.2, 0.25) is 5.91 Å². The van der Waals surface area contributed by atoms with E-state index < -0.39 is 5.82 Å². The molecule has 0 bridgehead atoms. The van der Waals surface area contributed by atoms with Crippen LogP contribution in [0.1, 0.15) is 25.5 Å². The second-order valence-electron chi connectivity index (χ2n) is 4.59. The van der Waals surface area contributed by atoms with Crippen LogP contribution in [0.3, 0.4) is 0 Å². The maximum Gasteiger partial charge on any atom is 0.246 e. The zero-order valence-electron chi connectivity index (χ0n) is 12.1. The molecule has 0 saturated heterocycles. The molecule has 0 radical (unpaired) electrons. The van der Waals surface area contributed by atoms with Gasteiger partial charge in [0.25, 0.3) is 0 Å². The fourth-order valence-electron chi connectivity index (χ4n) is 1.94. The van der Waals surface area contributed by atoms with Crippen LogP contribution in [0.4, 0.5) is 15.8 Å². The lowest BCUT2D eigenvalue weighted by Crippen LogP contribution is -2.21. The van der Waals surface area contributed by atoms with E-state index >= 15 is 0 Å². The topological polar surface area (TPSA) is 85.8 Å². The van der Waals surface area contributed by atoms with Gasteiger partial charge < -0.3 is 11.1 Å². The molecule has 1 aromatic carbocycles. The van der Waals surface area contributed by atoms with Crippen molar-refractivity contribution in [1.29, 1.82) is 0 Å². The first kappa shape index (κ1) is 15.0. The smallest absolute Gasteiger partial charge is 0.246 e. The Morgan fingerprint density at radius 2 is 2.14 bits per heavy atom. The van der Waals surface area contributed by atoms with Crippen LogP contribution < -0.4 is 11.1 Å². The van der Waals surface area contributed by atoms with Gasteiger partial charge in [0.1, 0.15) is 18.2 Å². The Labute approximate surface area is 122 Å². The number of hydrogen-bond donors (Lipinski definition) is 2. The number of nitrogens with one attached hydrogen (secondary N) is 1. The third-order valence-corrected chi connectivity index (χ3v) is 3.01. The molecule has 0 aliphatic carbocycles. The van der Waals surface area contributed by atoms with Gasteiger partial charge in [0.15, 0.2) is 5.82 Å². The number of anilines is 2. The van der Waals surface area contributed by atoms with Gasteiger partial charge in [-0.05, 0) is 18.2 Å². The summed E-state index contributed by atoms with van der Waals surface area (Å²) in [6.45, 7) is 3.96. The molecule has 2 rings (SSSR count). The highest BCUT2D eigenvalue weighted by Crippen LogP contribution is 2.19. The van der Waals surface area contributed by atoms with Crippen molar-refractivity contribution in [3.8, 4) is 0 Å². The van der Waals surface area contributed by atoms with Crippen molar-refractivity contribution in [2.45, 2.75) is 33.2 Å². The Morgan fingerprint density at radius 1 is 1.38 bits per heavy atom. The number of halogens is 1. The van der Waals surface area contributed by atoms with Crippen molar-refractivity contribution < 1.29 is 9.18 Å². The first-order valence-corrected chi connectivity index (χ1v) is 6.81. The normalized spacial score (nSPS) is 10.6. The number of nitrogens with two attached hydrogens (primary N) is 1. The Hall–Kier alpha value is -2.44. The van der Waals surface area contributed by atoms with Crippen molar-refractivity contribution in [2.24, 2.45) is 0 Å². The number of amides is 1. The molecule has 0 unspecified atom stereocenters. The van der Waals surface area contributed by atoms with E-state index in [2.05, 4.69) is 15.4 Å². The summed E-state index contributed by atoms with van der Waals surface area (Å²) in [5.41, 5.74) is 6.23. The summed E-state index contributed by atoms with van der Waals surface area (Å²) in [6.07, 6.45) is 1.41. The van der Waals surface area contributed by atoms with Crippen LogP contribution in [0.5, 0.6) is 0 Å². The van der Waals surface area contributed by atoms with Crippen molar-refractivity contribution in [3.05, 3.63) is 35.7 Å². The molecule has 1 aromatic heterocycles. The highest BCUT2D eigenvalue weighted by Gasteiger charge is 2.12. The largest absolute Gasteiger partial charge is 0.397 e. The molecule has 112 valence electrons. The molecule has 2 aromatic rings. The van der Waals surface area contributed by atoms with Gasteiger partial charge in [-0.2, -0.15) is 5.10 Å². The second kappa shape index (κ2) is 6.34. The van der Waals surface area contributed by atoms with Gasteiger partial charge in [-0.1, -0.05) is 13.8 Å². The van der Waals surface area contributed by atoms with Crippen LogP contribution in [0, 0.1) is 5.82 Å². The Bertz CT molecular complexity index is 653. The molecule has 3 N–H and O–H groups in total. The number of aryl methyl sites for hydroxylation is 2. The third kappa shape index (κ3) is 3.56. The van der Waals surface area contributed by atoms with Crippen LogP contribution in [0.15, 0.2) is 18.2 Å². The molecule has 0 spiro atoms. The van der Waals surface area contributed by atoms with E-state index in [0.29, 0.717) is 24.4 Å². The van der Waals surface area contributed by atoms with E-state index in [1.54, 1.807) is 4.68 Å².